The number of thioether (sulfide) groups is 3. The number of hydrogen-bond acceptors (Lipinski definition) is 13. The maximum atomic E-state index is 13.0. The Balaban J connectivity index is 1.52. The third kappa shape index (κ3) is 5.68. The molecule has 37 heavy (non-hydrogen) atoms. The van der Waals surface area contributed by atoms with Crippen LogP contribution in [0.2, 0.25) is 4.34 Å². The molecule has 196 valence electrons. The Kier molecular flexibility index (Phi) is 8.86. The van der Waals surface area contributed by atoms with Gasteiger partial charge in [0.15, 0.2) is 10.8 Å². The van der Waals surface area contributed by atoms with Crippen molar-refractivity contribution < 1.29 is 24.7 Å². The van der Waals surface area contributed by atoms with E-state index in [1.807, 2.05) is 6.07 Å². The number of nitrogen functional groups attached to an aromatic ring is 1. The first-order valence-electron chi connectivity index (χ1n) is 10.5. The quantitative estimate of drug-likeness (QED) is 0.0868. The Hall–Kier alpha value is -2.50. The Morgan fingerprint density at radius 2 is 2.19 bits per heavy atom. The number of fused-ring (bicyclic) bond motifs is 1. The zero-order valence-electron chi connectivity index (χ0n) is 18.8. The minimum absolute atomic E-state index is 0.0445. The van der Waals surface area contributed by atoms with Gasteiger partial charge in [0.1, 0.15) is 27.1 Å². The number of nitrogens with zero attached hydrogens (tertiary/aromatic N) is 4. The van der Waals surface area contributed by atoms with Crippen LogP contribution in [-0.4, -0.2) is 78.1 Å². The fourth-order valence-corrected chi connectivity index (χ4v) is 7.88. The minimum atomic E-state index is -1.25. The Morgan fingerprint density at radius 3 is 2.84 bits per heavy atom. The molecular weight excluding hydrogens is 582 g/mol. The van der Waals surface area contributed by atoms with Gasteiger partial charge in [-0.25, -0.2) is 9.78 Å². The summed E-state index contributed by atoms with van der Waals surface area (Å²) in [6.07, 6.45) is 1.67. The number of anilines is 1. The van der Waals surface area contributed by atoms with Gasteiger partial charge in [-0.1, -0.05) is 39.9 Å². The van der Waals surface area contributed by atoms with Gasteiger partial charge in [0.2, 0.25) is 0 Å². The Morgan fingerprint density at radius 1 is 1.41 bits per heavy atom. The van der Waals surface area contributed by atoms with Crippen LogP contribution in [0.5, 0.6) is 0 Å². The summed E-state index contributed by atoms with van der Waals surface area (Å²) >= 11 is 11.1. The molecule has 1 unspecified atom stereocenters. The standard InChI is InChI=1S/C20H20ClN7O5S4/c21-15-11(26-20(23)37-15)12(27-33)16(29)25-13-17(30)28-14(19(31)32)10(7-35-18(13)28)36-9-2-1-4-24-8(9)6-34-5-3-22/h1-2,4,13,18,33H,3,5-7,22H2,(H2,23,26)(H,25,29)(H,31,32)/b27-12-/t13-,18?/m1/s1. The number of nitrogens with two attached hydrogens (primary N) is 2. The molecule has 0 spiro atoms. The number of β-lactam (4-membered cyclic amide) rings is 1. The van der Waals surface area contributed by atoms with Crippen LogP contribution in [0.3, 0.4) is 0 Å². The molecule has 2 amide bonds. The van der Waals surface area contributed by atoms with Crippen molar-refractivity contribution in [3.8, 4) is 0 Å². The zero-order valence-corrected chi connectivity index (χ0v) is 22.8. The number of amides is 2. The predicted octanol–water partition coefficient (Wildman–Crippen LogP) is 1.63. The third-order valence-electron chi connectivity index (χ3n) is 5.15. The summed E-state index contributed by atoms with van der Waals surface area (Å²) in [7, 11) is 0. The second-order valence-corrected chi connectivity index (χ2v) is 12.4. The summed E-state index contributed by atoms with van der Waals surface area (Å²) in [4.78, 5) is 48.7. The minimum Gasteiger partial charge on any atom is -0.477 e. The monoisotopic (exact) mass is 601 g/mol. The van der Waals surface area contributed by atoms with E-state index in [0.29, 0.717) is 23.0 Å². The molecule has 0 bridgehead atoms. The molecule has 0 aliphatic carbocycles. The summed E-state index contributed by atoms with van der Waals surface area (Å²) in [5.41, 5.74) is 11.2. The topological polar surface area (TPSA) is 197 Å². The highest BCUT2D eigenvalue weighted by atomic mass is 35.5. The van der Waals surface area contributed by atoms with E-state index in [9.17, 15) is 24.7 Å². The number of halogens is 1. The number of aliphatic carboxylic acids is 1. The highest BCUT2D eigenvalue weighted by molar-refractivity contribution is 8.06. The molecule has 2 atom stereocenters. The van der Waals surface area contributed by atoms with E-state index in [0.717, 1.165) is 32.6 Å². The summed E-state index contributed by atoms with van der Waals surface area (Å²) in [6.45, 7) is 0.539. The molecule has 2 aromatic rings. The van der Waals surface area contributed by atoms with Gasteiger partial charge in [-0.15, -0.1) is 11.8 Å². The average molecular weight is 602 g/mol. The third-order valence-corrected chi connectivity index (χ3v) is 9.87. The number of thiazole rings is 1. The molecule has 1 saturated heterocycles. The van der Waals surface area contributed by atoms with Crippen molar-refractivity contribution in [1.29, 1.82) is 0 Å². The van der Waals surface area contributed by atoms with Crippen molar-refractivity contribution in [2.75, 3.05) is 23.8 Å². The van der Waals surface area contributed by atoms with E-state index < -0.39 is 34.9 Å². The Labute approximate surface area is 232 Å². The fraction of sp³-hybridized carbons (Fsp3) is 0.300. The molecule has 17 heteroatoms. The lowest BCUT2D eigenvalue weighted by atomic mass is 10.0. The molecule has 4 heterocycles. The van der Waals surface area contributed by atoms with Gasteiger partial charge in [0.05, 0.1) is 5.69 Å². The molecule has 1 fully saturated rings. The molecule has 7 N–H and O–H groups in total. The first-order chi connectivity index (χ1) is 17.8. The van der Waals surface area contributed by atoms with Gasteiger partial charge in [-0.05, 0) is 12.1 Å². The largest absolute Gasteiger partial charge is 0.477 e. The van der Waals surface area contributed by atoms with Crippen molar-refractivity contribution in [3.63, 3.8) is 0 Å². The van der Waals surface area contributed by atoms with Crippen molar-refractivity contribution in [1.82, 2.24) is 20.2 Å². The van der Waals surface area contributed by atoms with Crippen LogP contribution in [0, 0.1) is 0 Å². The molecule has 0 radical (unpaired) electrons. The average Bonchev–Trinajstić information content (AvgIpc) is 3.20. The van der Waals surface area contributed by atoms with Crippen molar-refractivity contribution in [2.45, 2.75) is 22.1 Å². The number of carbonyl (C=O) groups is 3. The number of carbonyl (C=O) groups excluding carboxylic acids is 2. The van der Waals surface area contributed by atoms with Crippen molar-refractivity contribution in [3.05, 3.63) is 44.7 Å². The number of carboxylic acids is 1. The summed E-state index contributed by atoms with van der Waals surface area (Å²) < 4.78 is 0.0445. The van der Waals surface area contributed by atoms with Crippen LogP contribution in [-0.2, 0) is 20.1 Å². The summed E-state index contributed by atoms with van der Waals surface area (Å²) in [5.74, 6) is -1.08. The molecule has 4 rings (SSSR count). The predicted molar refractivity (Wildman–Crippen MR) is 145 cm³/mol. The van der Waals surface area contributed by atoms with Crippen LogP contribution in [0.25, 0.3) is 0 Å². The normalized spacial score (nSPS) is 19.5. The number of rotatable bonds is 10. The van der Waals surface area contributed by atoms with Crippen LogP contribution in [0.4, 0.5) is 5.13 Å². The van der Waals surface area contributed by atoms with Gasteiger partial charge in [-0.3, -0.25) is 19.5 Å². The second kappa shape index (κ2) is 11.9. The second-order valence-electron chi connectivity index (χ2n) is 7.45. The number of oxime groups is 1. The van der Waals surface area contributed by atoms with Crippen LogP contribution in [0.15, 0.2) is 39.0 Å². The van der Waals surface area contributed by atoms with Gasteiger partial charge in [-0.2, -0.15) is 11.8 Å². The SMILES string of the molecule is NCCSCc1ncccc1SC1=C(C(=O)O)N2C(=O)[C@@H](NC(=O)/C(=N\O)c3nc(N)sc3Cl)C2SC1. The van der Waals surface area contributed by atoms with Gasteiger partial charge >= 0.3 is 5.97 Å². The van der Waals surface area contributed by atoms with Crippen molar-refractivity contribution in [2.24, 2.45) is 10.9 Å². The smallest absolute Gasteiger partial charge is 0.353 e. The van der Waals surface area contributed by atoms with Gasteiger partial charge < -0.3 is 27.1 Å². The fourth-order valence-electron chi connectivity index (χ4n) is 3.55. The highest BCUT2D eigenvalue weighted by Gasteiger charge is 2.54. The number of hydrogen-bond donors (Lipinski definition) is 5. The lowest BCUT2D eigenvalue weighted by molar-refractivity contribution is -0.150. The van der Waals surface area contributed by atoms with E-state index in [1.54, 1.807) is 24.0 Å². The summed E-state index contributed by atoms with van der Waals surface area (Å²) in [6, 6.07) is 2.58. The van der Waals surface area contributed by atoms with Gasteiger partial charge in [0.25, 0.3) is 11.8 Å². The maximum absolute atomic E-state index is 13.0. The number of pyridine rings is 1. The molecule has 0 saturated carbocycles. The van der Waals surface area contributed by atoms with Gasteiger partial charge in [0, 0.05) is 39.8 Å². The van der Waals surface area contributed by atoms with Crippen LogP contribution < -0.4 is 16.8 Å². The van der Waals surface area contributed by atoms with E-state index in [1.165, 1.54) is 23.5 Å². The zero-order chi connectivity index (χ0) is 26.7. The maximum Gasteiger partial charge on any atom is 0.353 e. The molecule has 12 nitrogen and oxygen atoms in total. The Bertz CT molecular complexity index is 1300. The van der Waals surface area contributed by atoms with E-state index in [-0.39, 0.29) is 20.9 Å². The number of nitrogens with one attached hydrogen (secondary N) is 1. The van der Waals surface area contributed by atoms with E-state index >= 15 is 0 Å². The lowest BCUT2D eigenvalue weighted by Crippen LogP contribution is -2.71. The number of aromatic nitrogens is 2. The molecule has 0 aromatic carbocycles. The number of carboxylic acid groups (broad SMARTS) is 1. The summed E-state index contributed by atoms with van der Waals surface area (Å²) in [5, 5.41) is 24.2. The lowest BCUT2D eigenvalue weighted by Gasteiger charge is -2.49. The highest BCUT2D eigenvalue weighted by Crippen LogP contribution is 2.45. The van der Waals surface area contributed by atoms with E-state index in [4.69, 9.17) is 23.1 Å². The first-order valence-corrected chi connectivity index (χ1v) is 14.7. The van der Waals surface area contributed by atoms with Crippen LogP contribution >= 0.6 is 58.2 Å². The molecular formula is C20H20ClN7O5S4. The molecule has 2 aliphatic heterocycles. The van der Waals surface area contributed by atoms with Crippen molar-refractivity contribution >= 4 is 86.9 Å². The molecule has 2 aromatic heterocycles. The van der Waals surface area contributed by atoms with Crippen LogP contribution in [0.1, 0.15) is 11.4 Å². The van der Waals surface area contributed by atoms with E-state index in [2.05, 4.69) is 20.4 Å². The first kappa shape index (κ1) is 27.5. The molecule has 2 aliphatic rings.